The minimum atomic E-state index is -0.519. The maximum atomic E-state index is 13.1. The number of aromatic nitrogens is 3. The van der Waals surface area contributed by atoms with Crippen LogP contribution in [-0.2, 0) is 11.3 Å². The van der Waals surface area contributed by atoms with Crippen LogP contribution in [0.5, 0.6) is 5.75 Å². The third kappa shape index (κ3) is 3.43. The molecule has 0 aliphatic rings. The summed E-state index contributed by atoms with van der Waals surface area (Å²) in [7, 11) is 0. The van der Waals surface area contributed by atoms with E-state index < -0.39 is 6.04 Å². The van der Waals surface area contributed by atoms with E-state index in [4.69, 9.17) is 4.74 Å². The minimum Gasteiger partial charge on any atom is -0.494 e. The lowest BCUT2D eigenvalue weighted by atomic mass is 10.2. The molecule has 2 aromatic carbocycles. The van der Waals surface area contributed by atoms with Gasteiger partial charge in [-0.15, -0.1) is 0 Å². The zero-order chi connectivity index (χ0) is 21.3. The molecule has 0 aliphatic carbocycles. The molecule has 4 aromatic rings. The fourth-order valence-electron chi connectivity index (χ4n) is 3.78. The molecule has 0 bridgehead atoms. The average molecular weight is 404 g/mol. The number of carbonyl (C=O) groups is 1. The molecule has 7 heteroatoms. The first kappa shape index (κ1) is 19.7. The van der Waals surface area contributed by atoms with Crippen LogP contribution in [0.2, 0.25) is 0 Å². The standard InChI is InChI=1S/C23H24N4O3/c1-4-30-20-12-8-5-9-17(20)14-24-23(29)16(3)27-19-11-7-6-10-18(19)22-25-21(28)13-15(2)26(22)27/h5-13,16H,4,14H2,1-3H3,(H,24,29)/t16-/m0/s1. The Morgan fingerprint density at radius 1 is 1.17 bits per heavy atom. The average Bonchev–Trinajstić information content (AvgIpc) is 3.07. The number of hydrogen-bond donors (Lipinski definition) is 1. The van der Waals surface area contributed by atoms with Crippen LogP contribution in [0.3, 0.4) is 0 Å². The zero-order valence-corrected chi connectivity index (χ0v) is 17.3. The lowest BCUT2D eigenvalue weighted by Crippen LogP contribution is -2.32. The topological polar surface area (TPSA) is 77.6 Å². The first-order valence-electron chi connectivity index (χ1n) is 9.99. The quantitative estimate of drug-likeness (QED) is 0.535. The van der Waals surface area contributed by atoms with Gasteiger partial charge in [0.25, 0.3) is 5.56 Å². The molecule has 4 rings (SSSR count). The summed E-state index contributed by atoms with van der Waals surface area (Å²) in [6.07, 6.45) is 0. The number of fused-ring (bicyclic) bond motifs is 3. The molecule has 0 unspecified atom stereocenters. The van der Waals surface area contributed by atoms with Crippen LogP contribution >= 0.6 is 0 Å². The number of hydrogen-bond acceptors (Lipinski definition) is 4. The molecule has 0 saturated heterocycles. The van der Waals surface area contributed by atoms with Gasteiger partial charge in [0.15, 0.2) is 5.65 Å². The van der Waals surface area contributed by atoms with Crippen LogP contribution in [0.25, 0.3) is 16.6 Å². The fraction of sp³-hybridized carbons (Fsp3) is 0.261. The van der Waals surface area contributed by atoms with E-state index in [1.807, 2.05) is 78.5 Å². The van der Waals surface area contributed by atoms with E-state index in [2.05, 4.69) is 10.3 Å². The van der Waals surface area contributed by atoms with Crippen molar-refractivity contribution in [3.8, 4) is 5.75 Å². The van der Waals surface area contributed by atoms with Gasteiger partial charge in [0.1, 0.15) is 11.8 Å². The van der Waals surface area contributed by atoms with Crippen LogP contribution in [0.4, 0.5) is 0 Å². The number of para-hydroxylation sites is 2. The zero-order valence-electron chi connectivity index (χ0n) is 17.3. The van der Waals surface area contributed by atoms with Crippen molar-refractivity contribution in [3.05, 3.63) is 76.2 Å². The monoisotopic (exact) mass is 404 g/mol. The van der Waals surface area contributed by atoms with Crippen LogP contribution in [0, 0.1) is 6.92 Å². The first-order valence-corrected chi connectivity index (χ1v) is 9.99. The molecule has 1 atom stereocenters. The molecule has 2 heterocycles. The Morgan fingerprint density at radius 3 is 2.70 bits per heavy atom. The predicted molar refractivity (Wildman–Crippen MR) is 116 cm³/mol. The molecule has 0 spiro atoms. The number of aryl methyl sites for hydroxylation is 1. The van der Waals surface area contributed by atoms with Gasteiger partial charge in [-0.25, -0.2) is 4.52 Å². The van der Waals surface area contributed by atoms with Gasteiger partial charge in [-0.05, 0) is 39.0 Å². The number of nitrogens with one attached hydrogen (secondary N) is 1. The van der Waals surface area contributed by atoms with Gasteiger partial charge >= 0.3 is 0 Å². The number of rotatable bonds is 6. The molecule has 30 heavy (non-hydrogen) atoms. The lowest BCUT2D eigenvalue weighted by molar-refractivity contribution is -0.124. The first-order chi connectivity index (χ1) is 14.5. The number of ether oxygens (including phenoxy) is 1. The van der Waals surface area contributed by atoms with E-state index in [9.17, 15) is 9.59 Å². The third-order valence-electron chi connectivity index (χ3n) is 5.16. The molecule has 1 amide bonds. The highest BCUT2D eigenvalue weighted by Crippen LogP contribution is 2.25. The van der Waals surface area contributed by atoms with Crippen molar-refractivity contribution < 1.29 is 9.53 Å². The molecular formula is C23H24N4O3. The van der Waals surface area contributed by atoms with Crippen LogP contribution in [-0.4, -0.2) is 26.7 Å². The van der Waals surface area contributed by atoms with Gasteiger partial charge in [0.05, 0.1) is 12.1 Å². The molecule has 0 saturated carbocycles. The van der Waals surface area contributed by atoms with Gasteiger partial charge in [-0.3, -0.25) is 14.3 Å². The summed E-state index contributed by atoms with van der Waals surface area (Å²) in [5, 5.41) is 3.84. The second-order valence-electron chi connectivity index (χ2n) is 7.17. The van der Waals surface area contributed by atoms with E-state index in [0.717, 1.165) is 27.9 Å². The molecule has 7 nitrogen and oxygen atoms in total. The smallest absolute Gasteiger partial charge is 0.273 e. The van der Waals surface area contributed by atoms with Crippen LogP contribution < -0.4 is 15.6 Å². The number of nitrogens with zero attached hydrogens (tertiary/aromatic N) is 3. The highest BCUT2D eigenvalue weighted by atomic mass is 16.5. The molecule has 0 aliphatic heterocycles. The van der Waals surface area contributed by atoms with Gasteiger partial charge in [0.2, 0.25) is 5.91 Å². The van der Waals surface area contributed by atoms with Gasteiger partial charge in [0, 0.05) is 29.3 Å². The summed E-state index contributed by atoms with van der Waals surface area (Å²) >= 11 is 0. The Bertz CT molecular complexity index is 1290. The molecular weight excluding hydrogens is 380 g/mol. The maximum Gasteiger partial charge on any atom is 0.273 e. The maximum absolute atomic E-state index is 13.1. The van der Waals surface area contributed by atoms with Crippen molar-refractivity contribution in [2.75, 3.05) is 6.61 Å². The highest BCUT2D eigenvalue weighted by molar-refractivity contribution is 5.94. The summed E-state index contributed by atoms with van der Waals surface area (Å²) in [4.78, 5) is 29.3. The SMILES string of the molecule is CCOc1ccccc1CNC(=O)[C@H](C)n1c2ccccc2c2nc(=O)cc(C)n21. The Morgan fingerprint density at radius 2 is 1.90 bits per heavy atom. The van der Waals surface area contributed by atoms with Gasteiger partial charge < -0.3 is 10.1 Å². The molecule has 1 N–H and O–H groups in total. The minimum absolute atomic E-state index is 0.137. The van der Waals surface area contributed by atoms with E-state index in [0.29, 0.717) is 18.8 Å². The van der Waals surface area contributed by atoms with Crippen molar-refractivity contribution in [1.29, 1.82) is 0 Å². The summed E-state index contributed by atoms with van der Waals surface area (Å²) in [6, 6.07) is 16.3. The largest absolute Gasteiger partial charge is 0.494 e. The molecule has 2 aromatic heterocycles. The molecule has 154 valence electrons. The van der Waals surface area contributed by atoms with Crippen molar-refractivity contribution in [2.45, 2.75) is 33.4 Å². The van der Waals surface area contributed by atoms with Crippen molar-refractivity contribution in [2.24, 2.45) is 0 Å². The van der Waals surface area contributed by atoms with Crippen LogP contribution in [0.15, 0.2) is 59.4 Å². The van der Waals surface area contributed by atoms with Crippen molar-refractivity contribution in [1.82, 2.24) is 19.5 Å². The summed E-state index contributed by atoms with van der Waals surface area (Å²) in [5.74, 6) is 0.629. The predicted octanol–water partition coefficient (Wildman–Crippen LogP) is 3.23. The van der Waals surface area contributed by atoms with Crippen molar-refractivity contribution >= 4 is 22.5 Å². The Labute approximate surface area is 173 Å². The lowest BCUT2D eigenvalue weighted by Gasteiger charge is -2.18. The number of benzene rings is 2. The van der Waals surface area contributed by atoms with E-state index in [1.54, 1.807) is 0 Å². The normalized spacial score (nSPS) is 12.2. The molecule has 0 radical (unpaired) electrons. The van der Waals surface area contributed by atoms with E-state index in [-0.39, 0.29) is 11.5 Å². The van der Waals surface area contributed by atoms with E-state index >= 15 is 0 Å². The van der Waals surface area contributed by atoms with Crippen molar-refractivity contribution in [3.63, 3.8) is 0 Å². The second kappa shape index (κ2) is 8.02. The summed E-state index contributed by atoms with van der Waals surface area (Å²) < 4.78 is 9.37. The van der Waals surface area contributed by atoms with Gasteiger partial charge in [-0.1, -0.05) is 30.3 Å². The summed E-state index contributed by atoms with van der Waals surface area (Å²) in [6.45, 7) is 6.54. The summed E-state index contributed by atoms with van der Waals surface area (Å²) in [5.41, 5.74) is 2.75. The molecule has 0 fully saturated rings. The van der Waals surface area contributed by atoms with E-state index in [1.165, 1.54) is 6.07 Å². The number of carbonyl (C=O) groups excluding carboxylic acids is 1. The Balaban J connectivity index is 1.70. The Hall–Kier alpha value is -3.61. The van der Waals surface area contributed by atoms with Crippen LogP contribution in [0.1, 0.15) is 31.1 Å². The Kier molecular flexibility index (Phi) is 5.27. The highest BCUT2D eigenvalue weighted by Gasteiger charge is 2.22. The second-order valence-corrected chi connectivity index (χ2v) is 7.17. The third-order valence-corrected chi connectivity index (χ3v) is 5.16. The number of amides is 1. The fourth-order valence-corrected chi connectivity index (χ4v) is 3.78. The van der Waals surface area contributed by atoms with Gasteiger partial charge in [-0.2, -0.15) is 4.98 Å².